The van der Waals surface area contributed by atoms with Gasteiger partial charge in [-0.1, -0.05) is 36.4 Å². The Morgan fingerprint density at radius 1 is 0.500 bits per heavy atom. The van der Waals surface area contributed by atoms with E-state index in [0.29, 0.717) is 21.9 Å². The normalized spacial score (nSPS) is 12.1. The Labute approximate surface area is 189 Å². The van der Waals surface area contributed by atoms with E-state index >= 15 is 0 Å². The summed E-state index contributed by atoms with van der Waals surface area (Å²) in [6.45, 7) is 0. The number of rotatable bonds is 4. The molecule has 4 rings (SSSR count). The van der Waals surface area contributed by atoms with E-state index < -0.39 is 24.2 Å². The SMILES string of the molecule is Nc1ccc(-c2cccc3c(-c4ccc(N)cc4OC(F)(F)F)cccc23)c(OC(F)(F)F)c1. The molecule has 0 radical (unpaired) electrons. The Bertz CT molecular complexity index is 1260. The van der Waals surface area contributed by atoms with Crippen LogP contribution in [0.3, 0.4) is 0 Å². The molecular weight excluding hydrogens is 462 g/mol. The van der Waals surface area contributed by atoms with Gasteiger partial charge in [-0.3, -0.25) is 0 Å². The van der Waals surface area contributed by atoms with Crippen molar-refractivity contribution in [2.24, 2.45) is 0 Å². The second kappa shape index (κ2) is 8.36. The summed E-state index contributed by atoms with van der Waals surface area (Å²) in [6.07, 6.45) is -9.90. The van der Waals surface area contributed by atoms with Crippen LogP contribution in [0.1, 0.15) is 0 Å². The maximum Gasteiger partial charge on any atom is 0.573 e. The highest BCUT2D eigenvalue weighted by molar-refractivity contribution is 6.06. The highest BCUT2D eigenvalue weighted by atomic mass is 19.4. The quantitative estimate of drug-likeness (QED) is 0.242. The van der Waals surface area contributed by atoms with Crippen LogP contribution in [0.4, 0.5) is 37.7 Å². The molecule has 0 aliphatic heterocycles. The minimum Gasteiger partial charge on any atom is -0.405 e. The number of hydrogen-bond donors (Lipinski definition) is 2. The third kappa shape index (κ3) is 4.95. The molecule has 0 aromatic heterocycles. The molecule has 0 heterocycles. The van der Waals surface area contributed by atoms with Gasteiger partial charge in [0.05, 0.1) is 0 Å². The fourth-order valence-electron chi connectivity index (χ4n) is 3.72. The van der Waals surface area contributed by atoms with Crippen LogP contribution in [0.15, 0.2) is 72.8 Å². The molecule has 10 heteroatoms. The molecule has 0 bridgehead atoms. The fraction of sp³-hybridized carbons (Fsp3) is 0.0833. The minimum atomic E-state index is -4.95. The Balaban J connectivity index is 1.94. The summed E-state index contributed by atoms with van der Waals surface area (Å²) in [7, 11) is 0. The first kappa shape index (κ1) is 23.1. The Morgan fingerprint density at radius 3 is 1.24 bits per heavy atom. The van der Waals surface area contributed by atoms with E-state index in [4.69, 9.17) is 11.5 Å². The smallest absolute Gasteiger partial charge is 0.405 e. The number of benzene rings is 4. The van der Waals surface area contributed by atoms with Crippen LogP contribution < -0.4 is 20.9 Å². The maximum atomic E-state index is 13.0. The van der Waals surface area contributed by atoms with Crippen molar-refractivity contribution in [1.82, 2.24) is 0 Å². The molecule has 0 saturated carbocycles. The van der Waals surface area contributed by atoms with Crippen LogP contribution in [-0.4, -0.2) is 12.7 Å². The molecule has 0 fully saturated rings. The Morgan fingerprint density at radius 2 is 0.882 bits per heavy atom. The number of hydrogen-bond acceptors (Lipinski definition) is 4. The third-order valence-corrected chi connectivity index (χ3v) is 4.97. The van der Waals surface area contributed by atoms with Crippen molar-refractivity contribution in [3.05, 3.63) is 72.8 Å². The number of halogens is 6. The molecular formula is C24H16F6N2O2. The largest absolute Gasteiger partial charge is 0.573 e. The highest BCUT2D eigenvalue weighted by Crippen LogP contribution is 2.43. The van der Waals surface area contributed by atoms with Crippen molar-refractivity contribution in [2.45, 2.75) is 12.7 Å². The van der Waals surface area contributed by atoms with Crippen LogP contribution in [0.2, 0.25) is 0 Å². The van der Waals surface area contributed by atoms with E-state index in [1.54, 1.807) is 36.4 Å². The number of anilines is 2. The van der Waals surface area contributed by atoms with Crippen molar-refractivity contribution < 1.29 is 35.8 Å². The van der Waals surface area contributed by atoms with Gasteiger partial charge in [-0.05, 0) is 46.2 Å². The average molecular weight is 478 g/mol. The lowest BCUT2D eigenvalue weighted by molar-refractivity contribution is -0.275. The zero-order valence-electron chi connectivity index (χ0n) is 17.2. The highest BCUT2D eigenvalue weighted by Gasteiger charge is 2.33. The number of nitrogen functional groups attached to an aromatic ring is 2. The molecule has 4 nitrogen and oxygen atoms in total. The first-order valence-electron chi connectivity index (χ1n) is 9.74. The number of alkyl halides is 6. The summed E-state index contributed by atoms with van der Waals surface area (Å²) in [5.41, 5.74) is 12.4. The van der Waals surface area contributed by atoms with E-state index in [1.165, 1.54) is 24.3 Å². The van der Waals surface area contributed by atoms with Gasteiger partial charge in [0.25, 0.3) is 0 Å². The van der Waals surface area contributed by atoms with Gasteiger partial charge in [0, 0.05) is 34.6 Å². The van der Waals surface area contributed by atoms with E-state index in [9.17, 15) is 26.3 Å². The molecule has 0 atom stereocenters. The third-order valence-electron chi connectivity index (χ3n) is 4.97. The maximum absolute atomic E-state index is 13.0. The van der Waals surface area contributed by atoms with Gasteiger partial charge >= 0.3 is 12.7 Å². The van der Waals surface area contributed by atoms with Crippen LogP contribution in [0.5, 0.6) is 11.5 Å². The average Bonchev–Trinajstić information content (AvgIpc) is 2.71. The molecule has 0 saturated heterocycles. The molecule has 34 heavy (non-hydrogen) atoms. The standard InChI is InChI=1S/C24H16F6N2O2/c25-23(26,27)33-21-11-13(31)7-9-19(21)17-5-1-3-15-16(17)4-2-6-18(15)20-10-8-14(32)12-22(20)34-24(28,29)30/h1-12H,31-32H2. The van der Waals surface area contributed by atoms with Crippen molar-refractivity contribution in [3.8, 4) is 33.8 Å². The van der Waals surface area contributed by atoms with Crippen LogP contribution in [-0.2, 0) is 0 Å². The van der Waals surface area contributed by atoms with Gasteiger partial charge in [0.1, 0.15) is 11.5 Å². The molecule has 0 aliphatic rings. The van der Waals surface area contributed by atoms with Crippen molar-refractivity contribution in [3.63, 3.8) is 0 Å². The number of ether oxygens (including phenoxy) is 2. The van der Waals surface area contributed by atoms with Crippen molar-refractivity contribution in [1.29, 1.82) is 0 Å². The Kier molecular flexibility index (Phi) is 5.68. The van der Waals surface area contributed by atoms with Gasteiger partial charge in [0.15, 0.2) is 0 Å². The van der Waals surface area contributed by atoms with Gasteiger partial charge < -0.3 is 20.9 Å². The summed E-state index contributed by atoms with van der Waals surface area (Å²) in [5, 5.41) is 0.957. The first-order valence-corrected chi connectivity index (χ1v) is 9.74. The lowest BCUT2D eigenvalue weighted by atomic mass is 9.92. The minimum absolute atomic E-state index is 0.0692. The number of fused-ring (bicyclic) bond motifs is 1. The van der Waals surface area contributed by atoms with E-state index in [2.05, 4.69) is 9.47 Å². The van der Waals surface area contributed by atoms with Crippen LogP contribution in [0.25, 0.3) is 33.0 Å². The van der Waals surface area contributed by atoms with Crippen molar-refractivity contribution >= 4 is 22.1 Å². The van der Waals surface area contributed by atoms with E-state index in [0.717, 1.165) is 12.1 Å². The Hall–Kier alpha value is -4.08. The fourth-order valence-corrected chi connectivity index (χ4v) is 3.72. The topological polar surface area (TPSA) is 70.5 Å². The lowest BCUT2D eigenvalue weighted by Crippen LogP contribution is -2.18. The lowest BCUT2D eigenvalue weighted by Gasteiger charge is -2.18. The molecule has 0 spiro atoms. The summed E-state index contributed by atoms with van der Waals surface area (Å²) in [6, 6.07) is 17.3. The van der Waals surface area contributed by atoms with Gasteiger partial charge in [-0.25, -0.2) is 0 Å². The summed E-state index contributed by atoms with van der Waals surface area (Å²) in [4.78, 5) is 0. The zero-order valence-corrected chi connectivity index (χ0v) is 17.2. The van der Waals surface area contributed by atoms with Gasteiger partial charge in [-0.15, -0.1) is 26.3 Å². The summed E-state index contributed by atoms with van der Waals surface area (Å²) < 4.78 is 86.4. The monoisotopic (exact) mass is 478 g/mol. The number of nitrogens with two attached hydrogens (primary N) is 2. The molecule has 176 valence electrons. The molecule has 0 unspecified atom stereocenters. The zero-order chi connectivity index (χ0) is 24.7. The molecule has 4 N–H and O–H groups in total. The molecule has 0 amide bonds. The van der Waals surface area contributed by atoms with Gasteiger partial charge in [-0.2, -0.15) is 0 Å². The van der Waals surface area contributed by atoms with E-state index in [1.807, 2.05) is 0 Å². The van der Waals surface area contributed by atoms with Gasteiger partial charge in [0.2, 0.25) is 0 Å². The predicted molar refractivity (Wildman–Crippen MR) is 117 cm³/mol. The van der Waals surface area contributed by atoms with E-state index in [-0.39, 0.29) is 22.5 Å². The summed E-state index contributed by atoms with van der Waals surface area (Å²) in [5.74, 6) is -1.00. The first-order chi connectivity index (χ1) is 15.9. The predicted octanol–water partition coefficient (Wildman–Crippen LogP) is 7.14. The summed E-state index contributed by atoms with van der Waals surface area (Å²) >= 11 is 0. The van der Waals surface area contributed by atoms with Crippen LogP contribution in [0, 0.1) is 0 Å². The van der Waals surface area contributed by atoms with Crippen molar-refractivity contribution in [2.75, 3.05) is 11.5 Å². The van der Waals surface area contributed by atoms with Crippen LogP contribution >= 0.6 is 0 Å². The molecule has 0 aliphatic carbocycles. The molecule has 4 aromatic rings. The molecule has 4 aromatic carbocycles. The second-order valence-electron chi connectivity index (χ2n) is 7.31. The second-order valence-corrected chi connectivity index (χ2v) is 7.31.